The Hall–Kier alpha value is -2.82. The zero-order valence-corrected chi connectivity index (χ0v) is 17.0. The van der Waals surface area contributed by atoms with Gasteiger partial charge in [0.25, 0.3) is 0 Å². The van der Waals surface area contributed by atoms with Crippen molar-refractivity contribution in [1.82, 2.24) is 4.90 Å². The van der Waals surface area contributed by atoms with E-state index in [0.29, 0.717) is 31.7 Å². The van der Waals surface area contributed by atoms with Crippen LogP contribution in [0, 0.1) is 6.92 Å². The van der Waals surface area contributed by atoms with Gasteiger partial charge in [0, 0.05) is 19.4 Å². The maximum atomic E-state index is 10.9. The molecule has 3 aromatic rings. The molecule has 0 aliphatic carbocycles. The van der Waals surface area contributed by atoms with E-state index in [1.165, 1.54) is 11.1 Å². The summed E-state index contributed by atoms with van der Waals surface area (Å²) in [6.07, 6.45) is 5.91. The highest BCUT2D eigenvalue weighted by Gasteiger charge is 2.30. The van der Waals surface area contributed by atoms with Crippen LogP contribution >= 0.6 is 0 Å². The predicted octanol–water partition coefficient (Wildman–Crippen LogP) is 5.72. The highest BCUT2D eigenvalue weighted by Crippen LogP contribution is 2.31. The molecule has 0 atom stereocenters. The average molecular weight is 392 g/mol. The Morgan fingerprint density at radius 3 is 2.31 bits per heavy atom. The molecular formula is C25H29NO3. The molecule has 0 radical (unpaired) electrons. The van der Waals surface area contributed by atoms with Crippen molar-refractivity contribution in [3.8, 4) is 0 Å². The van der Waals surface area contributed by atoms with Gasteiger partial charge < -0.3 is 13.9 Å². The molecule has 0 unspecified atom stereocenters. The van der Waals surface area contributed by atoms with E-state index in [0.717, 1.165) is 18.1 Å². The van der Waals surface area contributed by atoms with Gasteiger partial charge in [-0.1, -0.05) is 36.4 Å². The third kappa shape index (κ3) is 5.37. The maximum Gasteiger partial charge on any atom is 0.136 e. The van der Waals surface area contributed by atoms with Crippen molar-refractivity contribution in [2.24, 2.45) is 0 Å². The lowest BCUT2D eigenvalue weighted by Crippen LogP contribution is -2.24. The summed E-state index contributed by atoms with van der Waals surface area (Å²) in [7, 11) is 0. The Balaban J connectivity index is 1.80. The smallest absolute Gasteiger partial charge is 0.136 e. The minimum Gasteiger partial charge on any atom is -0.468 e. The van der Waals surface area contributed by atoms with Crippen LogP contribution in [0.1, 0.15) is 41.2 Å². The highest BCUT2D eigenvalue weighted by molar-refractivity contribution is 5.25. The summed E-state index contributed by atoms with van der Waals surface area (Å²) in [6.45, 7) is 11.7. The van der Waals surface area contributed by atoms with E-state index in [1.807, 2.05) is 24.3 Å². The molecule has 29 heavy (non-hydrogen) atoms. The molecule has 0 aliphatic heterocycles. The minimum absolute atomic E-state index is 0.408. The normalized spacial score (nSPS) is 11.7. The standard InChI is InChI=1S/C25H29NO3/c1-4-14-25(27,15-5-2)24-13-12-23(29-24)19-26(18-22-11-8-16-28-22)17-21-10-7-6-9-20(21)3/h4-13,16,27H,1-2,14-15,17-19H2,3H3. The van der Waals surface area contributed by atoms with Gasteiger partial charge >= 0.3 is 0 Å². The number of aliphatic hydroxyl groups is 1. The first-order valence-corrected chi connectivity index (χ1v) is 9.86. The first kappa shape index (κ1) is 20.9. The molecule has 0 bridgehead atoms. The van der Waals surface area contributed by atoms with E-state index >= 15 is 0 Å². The second kappa shape index (κ2) is 9.59. The third-order valence-corrected chi connectivity index (χ3v) is 5.08. The number of hydrogen-bond donors (Lipinski definition) is 1. The van der Waals surface area contributed by atoms with Gasteiger partial charge in [-0.3, -0.25) is 4.90 Å². The molecule has 0 aliphatic rings. The summed E-state index contributed by atoms with van der Waals surface area (Å²) in [5.41, 5.74) is 1.41. The monoisotopic (exact) mass is 391 g/mol. The van der Waals surface area contributed by atoms with Crippen molar-refractivity contribution in [1.29, 1.82) is 0 Å². The van der Waals surface area contributed by atoms with Crippen LogP contribution in [0.25, 0.3) is 0 Å². The van der Waals surface area contributed by atoms with Crippen LogP contribution in [-0.4, -0.2) is 10.0 Å². The van der Waals surface area contributed by atoms with E-state index < -0.39 is 5.60 Å². The van der Waals surface area contributed by atoms with Crippen molar-refractivity contribution in [3.63, 3.8) is 0 Å². The zero-order chi connectivity index (χ0) is 20.7. The van der Waals surface area contributed by atoms with Crippen molar-refractivity contribution >= 4 is 0 Å². The Morgan fingerprint density at radius 1 is 0.931 bits per heavy atom. The van der Waals surface area contributed by atoms with Gasteiger partial charge in [-0.2, -0.15) is 0 Å². The number of aryl methyl sites for hydroxylation is 1. The summed E-state index contributed by atoms with van der Waals surface area (Å²) in [4.78, 5) is 2.27. The second-order valence-electron chi connectivity index (χ2n) is 7.43. The van der Waals surface area contributed by atoms with E-state index in [1.54, 1.807) is 18.4 Å². The number of furan rings is 2. The van der Waals surface area contributed by atoms with Gasteiger partial charge in [0.05, 0.1) is 19.4 Å². The summed E-state index contributed by atoms with van der Waals surface area (Å²) in [5, 5.41) is 10.9. The van der Waals surface area contributed by atoms with Crippen LogP contribution in [0.15, 0.2) is 88.9 Å². The molecule has 4 nitrogen and oxygen atoms in total. The molecule has 1 N–H and O–H groups in total. The molecule has 0 amide bonds. The van der Waals surface area contributed by atoms with E-state index in [4.69, 9.17) is 8.83 Å². The summed E-state index contributed by atoms with van der Waals surface area (Å²) in [6, 6.07) is 16.0. The van der Waals surface area contributed by atoms with Crippen LogP contribution in [0.3, 0.4) is 0 Å². The zero-order valence-electron chi connectivity index (χ0n) is 17.0. The number of nitrogens with zero attached hydrogens (tertiary/aromatic N) is 1. The van der Waals surface area contributed by atoms with Gasteiger partial charge in [0.15, 0.2) is 0 Å². The SMILES string of the molecule is C=CCC(O)(CC=C)c1ccc(CN(Cc2ccco2)Cc2ccccc2C)o1. The Morgan fingerprint density at radius 2 is 1.66 bits per heavy atom. The first-order valence-electron chi connectivity index (χ1n) is 9.86. The van der Waals surface area contributed by atoms with E-state index in [9.17, 15) is 5.11 Å². The molecule has 3 rings (SSSR count). The van der Waals surface area contributed by atoms with Gasteiger partial charge in [0.1, 0.15) is 22.9 Å². The molecule has 1 aromatic carbocycles. The second-order valence-corrected chi connectivity index (χ2v) is 7.43. The van der Waals surface area contributed by atoms with Crippen LogP contribution in [0.5, 0.6) is 0 Å². The Labute approximate surface area is 172 Å². The largest absolute Gasteiger partial charge is 0.468 e. The van der Waals surface area contributed by atoms with E-state index in [2.05, 4.69) is 49.2 Å². The van der Waals surface area contributed by atoms with Crippen LogP contribution in [0.2, 0.25) is 0 Å². The van der Waals surface area contributed by atoms with Crippen molar-refractivity contribution < 1.29 is 13.9 Å². The first-order chi connectivity index (χ1) is 14.0. The quantitative estimate of drug-likeness (QED) is 0.425. The fourth-order valence-corrected chi connectivity index (χ4v) is 3.51. The van der Waals surface area contributed by atoms with Gasteiger partial charge in [-0.05, 0) is 42.3 Å². The molecule has 0 spiro atoms. The number of benzene rings is 1. The van der Waals surface area contributed by atoms with Crippen LogP contribution in [0.4, 0.5) is 0 Å². The Bertz CT molecular complexity index is 913. The summed E-state index contributed by atoms with van der Waals surface area (Å²) >= 11 is 0. The molecule has 2 heterocycles. The average Bonchev–Trinajstić information content (AvgIpc) is 3.36. The van der Waals surface area contributed by atoms with Gasteiger partial charge in [-0.15, -0.1) is 13.2 Å². The maximum absolute atomic E-state index is 10.9. The fourth-order valence-electron chi connectivity index (χ4n) is 3.51. The Kier molecular flexibility index (Phi) is 6.91. The molecule has 152 valence electrons. The minimum atomic E-state index is -1.11. The summed E-state index contributed by atoms with van der Waals surface area (Å²) in [5.74, 6) is 2.24. The topological polar surface area (TPSA) is 49.8 Å². The molecule has 2 aromatic heterocycles. The van der Waals surface area contributed by atoms with Crippen LogP contribution < -0.4 is 0 Å². The van der Waals surface area contributed by atoms with Crippen molar-refractivity contribution in [2.45, 2.75) is 45.0 Å². The fraction of sp³-hybridized carbons (Fsp3) is 0.280. The number of hydrogen-bond acceptors (Lipinski definition) is 4. The lowest BCUT2D eigenvalue weighted by atomic mass is 9.93. The molecule has 4 heteroatoms. The lowest BCUT2D eigenvalue weighted by Gasteiger charge is -2.24. The molecular weight excluding hydrogens is 362 g/mol. The molecule has 0 saturated heterocycles. The van der Waals surface area contributed by atoms with Gasteiger partial charge in [-0.25, -0.2) is 0 Å². The number of rotatable bonds is 11. The van der Waals surface area contributed by atoms with Crippen molar-refractivity contribution in [2.75, 3.05) is 0 Å². The lowest BCUT2D eigenvalue weighted by molar-refractivity contribution is 0.0185. The molecule has 0 fully saturated rings. The van der Waals surface area contributed by atoms with Crippen molar-refractivity contribution in [3.05, 3.63) is 109 Å². The van der Waals surface area contributed by atoms with Crippen LogP contribution in [-0.2, 0) is 25.2 Å². The highest BCUT2D eigenvalue weighted by atomic mass is 16.4. The molecule has 0 saturated carbocycles. The third-order valence-electron chi connectivity index (χ3n) is 5.08. The predicted molar refractivity (Wildman–Crippen MR) is 115 cm³/mol. The van der Waals surface area contributed by atoms with E-state index in [-0.39, 0.29) is 0 Å². The summed E-state index contributed by atoms with van der Waals surface area (Å²) < 4.78 is 11.6. The van der Waals surface area contributed by atoms with Gasteiger partial charge in [0.2, 0.25) is 0 Å².